The summed E-state index contributed by atoms with van der Waals surface area (Å²) in [4.78, 5) is 0. The zero-order chi connectivity index (χ0) is 9.84. The molecule has 1 aromatic carbocycles. The quantitative estimate of drug-likeness (QED) is 0.733. The molecule has 0 aromatic heterocycles. The minimum atomic E-state index is -0.819. The molecular formula is C9H12FNO2. The van der Waals surface area contributed by atoms with Crippen LogP contribution in [0, 0.1) is 5.82 Å². The Morgan fingerprint density at radius 3 is 2.77 bits per heavy atom. The average Bonchev–Trinajstić information content (AvgIpc) is 2.16. The van der Waals surface area contributed by atoms with Gasteiger partial charge in [0.1, 0.15) is 0 Å². The Balaban J connectivity index is 2.95. The summed E-state index contributed by atoms with van der Waals surface area (Å²) in [5, 5.41) is 9.28. The molecular weight excluding hydrogens is 173 g/mol. The van der Waals surface area contributed by atoms with Crippen LogP contribution in [0.3, 0.4) is 0 Å². The zero-order valence-electron chi connectivity index (χ0n) is 7.33. The average molecular weight is 185 g/mol. The van der Waals surface area contributed by atoms with E-state index in [1.807, 2.05) is 0 Å². The van der Waals surface area contributed by atoms with Crippen molar-refractivity contribution >= 4 is 0 Å². The lowest BCUT2D eigenvalue weighted by atomic mass is 10.1. The standard InChI is InChI=1S/C9H12FNO2/c1-13-9-3-2-6(4-7(9)10)8(12)5-11/h2-4,8,12H,5,11H2,1H3/t8-/m0/s1. The highest BCUT2D eigenvalue weighted by Crippen LogP contribution is 2.21. The van der Waals surface area contributed by atoms with Gasteiger partial charge >= 0.3 is 0 Å². The molecule has 0 bridgehead atoms. The molecule has 72 valence electrons. The van der Waals surface area contributed by atoms with Gasteiger partial charge in [-0.3, -0.25) is 0 Å². The van der Waals surface area contributed by atoms with Crippen LogP contribution in [0.15, 0.2) is 18.2 Å². The van der Waals surface area contributed by atoms with Crippen LogP contribution in [-0.2, 0) is 0 Å². The first-order chi connectivity index (χ1) is 6.19. The van der Waals surface area contributed by atoms with Crippen LogP contribution < -0.4 is 10.5 Å². The van der Waals surface area contributed by atoms with Gasteiger partial charge in [-0.1, -0.05) is 6.07 Å². The third-order valence-corrected chi connectivity index (χ3v) is 1.78. The van der Waals surface area contributed by atoms with Gasteiger partial charge in [-0.25, -0.2) is 4.39 Å². The lowest BCUT2D eigenvalue weighted by Crippen LogP contribution is -2.11. The zero-order valence-corrected chi connectivity index (χ0v) is 7.33. The van der Waals surface area contributed by atoms with Crippen molar-refractivity contribution in [3.05, 3.63) is 29.6 Å². The number of aliphatic hydroxyl groups excluding tert-OH is 1. The van der Waals surface area contributed by atoms with E-state index in [-0.39, 0.29) is 12.3 Å². The Morgan fingerprint density at radius 2 is 2.31 bits per heavy atom. The number of halogens is 1. The van der Waals surface area contributed by atoms with Crippen LogP contribution in [0.1, 0.15) is 11.7 Å². The molecule has 1 aromatic rings. The van der Waals surface area contributed by atoms with Crippen molar-refractivity contribution < 1.29 is 14.2 Å². The van der Waals surface area contributed by atoms with Crippen molar-refractivity contribution in [3.8, 4) is 5.75 Å². The summed E-state index contributed by atoms with van der Waals surface area (Å²) < 4.78 is 17.8. The normalized spacial score (nSPS) is 12.6. The summed E-state index contributed by atoms with van der Waals surface area (Å²) in [6, 6.07) is 4.26. The summed E-state index contributed by atoms with van der Waals surface area (Å²) in [6.07, 6.45) is -0.819. The second-order valence-electron chi connectivity index (χ2n) is 2.65. The second-order valence-corrected chi connectivity index (χ2v) is 2.65. The van der Waals surface area contributed by atoms with E-state index in [1.54, 1.807) is 6.07 Å². The predicted molar refractivity (Wildman–Crippen MR) is 47.0 cm³/mol. The van der Waals surface area contributed by atoms with E-state index >= 15 is 0 Å². The molecule has 0 saturated heterocycles. The molecule has 0 saturated carbocycles. The number of hydrogen-bond donors (Lipinski definition) is 2. The molecule has 1 atom stereocenters. The summed E-state index contributed by atoms with van der Waals surface area (Å²) in [7, 11) is 1.39. The Kier molecular flexibility index (Phi) is 3.22. The van der Waals surface area contributed by atoms with Gasteiger partial charge in [-0.05, 0) is 17.7 Å². The Labute approximate surface area is 75.9 Å². The highest BCUT2D eigenvalue weighted by atomic mass is 19.1. The van der Waals surface area contributed by atoms with Gasteiger partial charge in [0.15, 0.2) is 11.6 Å². The van der Waals surface area contributed by atoms with Crippen LogP contribution in [-0.4, -0.2) is 18.8 Å². The monoisotopic (exact) mass is 185 g/mol. The molecule has 13 heavy (non-hydrogen) atoms. The molecule has 4 heteroatoms. The van der Waals surface area contributed by atoms with Crippen molar-refractivity contribution in [1.29, 1.82) is 0 Å². The Bertz CT molecular complexity index is 291. The maximum atomic E-state index is 13.1. The minimum Gasteiger partial charge on any atom is -0.494 e. The Morgan fingerprint density at radius 1 is 1.62 bits per heavy atom. The first-order valence-corrected chi connectivity index (χ1v) is 3.90. The predicted octanol–water partition coefficient (Wildman–Crippen LogP) is 0.826. The van der Waals surface area contributed by atoms with Gasteiger partial charge in [0, 0.05) is 6.54 Å². The van der Waals surface area contributed by atoms with Gasteiger partial charge in [0.05, 0.1) is 13.2 Å². The van der Waals surface area contributed by atoms with Crippen LogP contribution in [0.25, 0.3) is 0 Å². The maximum absolute atomic E-state index is 13.1. The molecule has 0 aliphatic carbocycles. The first kappa shape index (κ1) is 9.95. The van der Waals surface area contributed by atoms with Crippen LogP contribution in [0.2, 0.25) is 0 Å². The largest absolute Gasteiger partial charge is 0.494 e. The first-order valence-electron chi connectivity index (χ1n) is 3.90. The smallest absolute Gasteiger partial charge is 0.165 e. The number of methoxy groups -OCH3 is 1. The molecule has 3 nitrogen and oxygen atoms in total. The maximum Gasteiger partial charge on any atom is 0.165 e. The van der Waals surface area contributed by atoms with E-state index in [0.29, 0.717) is 5.56 Å². The SMILES string of the molecule is COc1ccc([C@@H](O)CN)cc1F. The molecule has 0 aliphatic heterocycles. The highest BCUT2D eigenvalue weighted by Gasteiger charge is 2.08. The molecule has 0 aliphatic rings. The Hall–Kier alpha value is -1.13. The van der Waals surface area contributed by atoms with E-state index in [1.165, 1.54) is 19.2 Å². The minimum absolute atomic E-state index is 0.0752. The van der Waals surface area contributed by atoms with Gasteiger partial charge in [-0.2, -0.15) is 0 Å². The number of aliphatic hydroxyl groups is 1. The fraction of sp³-hybridized carbons (Fsp3) is 0.333. The number of benzene rings is 1. The van der Waals surface area contributed by atoms with Crippen molar-refractivity contribution in [3.63, 3.8) is 0 Å². The van der Waals surface area contributed by atoms with Gasteiger partial charge < -0.3 is 15.6 Å². The van der Waals surface area contributed by atoms with E-state index in [4.69, 9.17) is 10.5 Å². The van der Waals surface area contributed by atoms with Crippen molar-refractivity contribution in [2.45, 2.75) is 6.10 Å². The van der Waals surface area contributed by atoms with E-state index in [9.17, 15) is 9.50 Å². The van der Waals surface area contributed by atoms with Gasteiger partial charge in [-0.15, -0.1) is 0 Å². The number of rotatable bonds is 3. The molecule has 0 amide bonds. The summed E-state index contributed by atoms with van der Waals surface area (Å²) in [5.41, 5.74) is 5.68. The topological polar surface area (TPSA) is 55.5 Å². The lowest BCUT2D eigenvalue weighted by Gasteiger charge is -2.09. The van der Waals surface area contributed by atoms with Crippen molar-refractivity contribution in [1.82, 2.24) is 0 Å². The fourth-order valence-electron chi connectivity index (χ4n) is 1.03. The number of nitrogens with two attached hydrogens (primary N) is 1. The third kappa shape index (κ3) is 2.17. The molecule has 0 heterocycles. The van der Waals surface area contributed by atoms with Crippen LogP contribution in [0.5, 0.6) is 5.75 Å². The van der Waals surface area contributed by atoms with E-state index < -0.39 is 11.9 Å². The van der Waals surface area contributed by atoms with Gasteiger partial charge in [0.25, 0.3) is 0 Å². The lowest BCUT2D eigenvalue weighted by molar-refractivity contribution is 0.186. The number of ether oxygens (including phenoxy) is 1. The third-order valence-electron chi connectivity index (χ3n) is 1.78. The highest BCUT2D eigenvalue weighted by molar-refractivity contribution is 5.30. The van der Waals surface area contributed by atoms with Crippen LogP contribution >= 0.6 is 0 Å². The summed E-state index contributed by atoms with van der Waals surface area (Å²) >= 11 is 0. The molecule has 1 rings (SSSR count). The molecule has 0 spiro atoms. The van der Waals surface area contributed by atoms with Crippen molar-refractivity contribution in [2.75, 3.05) is 13.7 Å². The van der Waals surface area contributed by atoms with Crippen LogP contribution in [0.4, 0.5) is 4.39 Å². The van der Waals surface area contributed by atoms with E-state index in [2.05, 4.69) is 0 Å². The molecule has 0 radical (unpaired) electrons. The fourth-order valence-corrected chi connectivity index (χ4v) is 1.03. The summed E-state index contributed by atoms with van der Waals surface area (Å²) in [5.74, 6) is -0.333. The number of hydrogen-bond acceptors (Lipinski definition) is 3. The molecule has 0 unspecified atom stereocenters. The van der Waals surface area contributed by atoms with Gasteiger partial charge in [0.2, 0.25) is 0 Å². The molecule has 3 N–H and O–H groups in total. The second kappa shape index (κ2) is 4.20. The van der Waals surface area contributed by atoms with E-state index in [0.717, 1.165) is 0 Å². The molecule has 0 fully saturated rings. The van der Waals surface area contributed by atoms with Crippen molar-refractivity contribution in [2.24, 2.45) is 5.73 Å². The summed E-state index contributed by atoms with van der Waals surface area (Å²) in [6.45, 7) is 0.0752.